The van der Waals surface area contributed by atoms with Crippen LogP contribution >= 0.6 is 48.0 Å². The molecular formula is C27H30Cl4N8O2. The molecular weight excluding hydrogens is 610 g/mol. The maximum atomic E-state index is 13.0. The number of halogens is 4. The Kier molecular flexibility index (Phi) is 13.0. The van der Waals surface area contributed by atoms with Crippen LogP contribution in [-0.4, -0.2) is 59.1 Å². The smallest absolute Gasteiger partial charge is 0.255 e. The van der Waals surface area contributed by atoms with Gasteiger partial charge in [-0.1, -0.05) is 6.07 Å². The first-order chi connectivity index (χ1) is 18.9. The molecule has 0 saturated carbocycles. The summed E-state index contributed by atoms with van der Waals surface area (Å²) in [5, 5.41) is 5.67. The first kappa shape index (κ1) is 33.5. The average Bonchev–Trinajstić information content (AvgIpc) is 3.36. The van der Waals surface area contributed by atoms with Crippen molar-refractivity contribution >= 4 is 93.9 Å². The van der Waals surface area contributed by atoms with Crippen molar-refractivity contribution in [3.05, 3.63) is 72.3 Å². The van der Waals surface area contributed by atoms with Gasteiger partial charge in [-0.2, -0.15) is 0 Å². The van der Waals surface area contributed by atoms with E-state index < -0.39 is 0 Å². The number of carbonyl (C=O) groups excluding carboxylic acids is 2. The summed E-state index contributed by atoms with van der Waals surface area (Å²) in [4.78, 5) is 38.6. The summed E-state index contributed by atoms with van der Waals surface area (Å²) in [5.74, 6) is 0.856. The minimum absolute atomic E-state index is 0. The van der Waals surface area contributed by atoms with Crippen LogP contribution in [0.15, 0.2) is 71.7 Å². The molecule has 4 rings (SSSR count). The van der Waals surface area contributed by atoms with Crippen LogP contribution in [0.1, 0.15) is 10.4 Å². The van der Waals surface area contributed by atoms with E-state index in [1.165, 1.54) is 0 Å². The van der Waals surface area contributed by atoms with Crippen molar-refractivity contribution in [2.24, 2.45) is 16.5 Å². The maximum absolute atomic E-state index is 13.0. The highest BCUT2D eigenvalue weighted by atomic mass is 35.5. The zero-order chi connectivity index (χ0) is 27.8. The van der Waals surface area contributed by atoms with Gasteiger partial charge in [0.2, 0.25) is 5.91 Å². The Morgan fingerprint density at radius 1 is 0.902 bits per heavy atom. The number of nitrogens with zero attached hydrogens (tertiary/aromatic N) is 3. The number of guanidine groups is 1. The highest BCUT2D eigenvalue weighted by Crippen LogP contribution is 2.24. The van der Waals surface area contributed by atoms with Gasteiger partial charge in [0, 0.05) is 53.0 Å². The fourth-order valence-corrected chi connectivity index (χ4v) is 4.33. The minimum Gasteiger partial charge on any atom is -0.370 e. The Bertz CT molecular complexity index is 1480. The molecule has 1 heterocycles. The second-order valence-corrected chi connectivity index (χ2v) is 9.31. The van der Waals surface area contributed by atoms with Crippen molar-refractivity contribution < 1.29 is 9.59 Å². The summed E-state index contributed by atoms with van der Waals surface area (Å²) < 4.78 is 0. The van der Waals surface area contributed by atoms with Crippen LogP contribution in [0.5, 0.6) is 0 Å². The molecule has 0 unspecified atom stereocenters. The molecule has 218 valence electrons. The zero-order valence-electron chi connectivity index (χ0n) is 21.8. The quantitative estimate of drug-likeness (QED) is 0.0900. The number of fused-ring (bicyclic) bond motifs is 1. The molecule has 7 N–H and O–H groups in total. The molecule has 0 aliphatic carbocycles. The molecule has 0 radical (unpaired) electrons. The van der Waals surface area contributed by atoms with Crippen LogP contribution in [0.2, 0.25) is 0 Å². The minimum atomic E-state index is -0.333. The van der Waals surface area contributed by atoms with E-state index in [4.69, 9.17) is 34.7 Å². The Balaban J connectivity index is 0.00000294. The highest BCUT2D eigenvalue weighted by Gasteiger charge is 2.12. The van der Waals surface area contributed by atoms with Gasteiger partial charge in [-0.25, -0.2) is 9.98 Å². The number of carbonyl (C=O) groups is 2. The van der Waals surface area contributed by atoms with Gasteiger partial charge in [0.1, 0.15) is 12.4 Å². The number of nitrogens with two attached hydrogens (primary N) is 2. The third kappa shape index (κ3) is 9.15. The van der Waals surface area contributed by atoms with E-state index in [9.17, 15) is 9.59 Å². The Morgan fingerprint density at radius 3 is 2.27 bits per heavy atom. The van der Waals surface area contributed by atoms with Gasteiger partial charge in [0.15, 0.2) is 5.96 Å². The first-order valence-corrected chi connectivity index (χ1v) is 13.2. The number of aromatic amines is 1. The van der Waals surface area contributed by atoms with Gasteiger partial charge in [-0.05, 0) is 60.7 Å². The van der Waals surface area contributed by atoms with Crippen molar-refractivity contribution in [2.75, 3.05) is 46.9 Å². The lowest BCUT2D eigenvalue weighted by Gasteiger charge is -2.23. The SMILES string of the molecule is Cl.Cl.NC(N)=NCC(=O)Nc1ccc(-c2nc3ccc(C(=O)Nc4cccc(N(CCCl)CCCl)c4)cc3[nH]2)cc1. The normalized spacial score (nSPS) is 10.2. The van der Waals surface area contributed by atoms with Crippen LogP contribution in [0.4, 0.5) is 17.1 Å². The monoisotopic (exact) mass is 638 g/mol. The zero-order valence-corrected chi connectivity index (χ0v) is 24.9. The summed E-state index contributed by atoms with van der Waals surface area (Å²) in [6.07, 6.45) is 0. The van der Waals surface area contributed by atoms with Gasteiger partial charge in [-0.3, -0.25) is 9.59 Å². The number of hydrogen-bond donors (Lipinski definition) is 5. The Hall–Kier alpha value is -3.70. The number of rotatable bonds is 11. The van der Waals surface area contributed by atoms with Crippen LogP contribution in [0, 0.1) is 0 Å². The van der Waals surface area contributed by atoms with Crippen molar-refractivity contribution in [3.8, 4) is 11.4 Å². The predicted molar refractivity (Wildman–Crippen MR) is 173 cm³/mol. The molecule has 2 amide bonds. The number of nitrogens with one attached hydrogen (secondary N) is 3. The van der Waals surface area contributed by atoms with Gasteiger partial charge in [0.05, 0.1) is 11.0 Å². The molecule has 10 nitrogen and oxygen atoms in total. The van der Waals surface area contributed by atoms with Crippen LogP contribution in [-0.2, 0) is 4.79 Å². The van der Waals surface area contributed by atoms with Crippen LogP contribution in [0.25, 0.3) is 22.4 Å². The summed E-state index contributed by atoms with van der Waals surface area (Å²) in [6.45, 7) is 1.15. The van der Waals surface area contributed by atoms with E-state index in [0.717, 1.165) is 22.3 Å². The molecule has 41 heavy (non-hydrogen) atoms. The van der Waals surface area contributed by atoms with Crippen LogP contribution in [0.3, 0.4) is 0 Å². The molecule has 0 aliphatic rings. The number of imidazole rings is 1. The lowest BCUT2D eigenvalue weighted by molar-refractivity contribution is -0.114. The number of aromatic nitrogens is 2. The number of benzene rings is 3. The largest absolute Gasteiger partial charge is 0.370 e. The Labute approximate surface area is 259 Å². The van der Waals surface area contributed by atoms with Crippen molar-refractivity contribution in [3.63, 3.8) is 0 Å². The molecule has 14 heteroatoms. The highest BCUT2D eigenvalue weighted by molar-refractivity contribution is 6.18. The van der Waals surface area contributed by atoms with Gasteiger partial charge < -0.3 is 32.0 Å². The maximum Gasteiger partial charge on any atom is 0.255 e. The van der Waals surface area contributed by atoms with Gasteiger partial charge >= 0.3 is 0 Å². The topological polar surface area (TPSA) is 155 Å². The van der Waals surface area contributed by atoms with Crippen molar-refractivity contribution in [2.45, 2.75) is 0 Å². The number of H-pyrrole nitrogens is 1. The number of aliphatic imine (C=N–C) groups is 1. The molecule has 3 aromatic carbocycles. The van der Waals surface area contributed by atoms with Gasteiger partial charge in [-0.15, -0.1) is 48.0 Å². The molecule has 0 spiro atoms. The van der Waals surface area contributed by atoms with E-state index in [-0.39, 0.29) is 49.1 Å². The fourth-order valence-electron chi connectivity index (χ4n) is 3.92. The van der Waals surface area contributed by atoms with Crippen molar-refractivity contribution in [1.82, 2.24) is 9.97 Å². The molecule has 0 saturated heterocycles. The van der Waals surface area contributed by atoms with Crippen molar-refractivity contribution in [1.29, 1.82) is 0 Å². The van der Waals surface area contributed by atoms with E-state index in [0.29, 0.717) is 47.6 Å². The third-order valence-corrected chi connectivity index (χ3v) is 6.11. The van der Waals surface area contributed by atoms with E-state index >= 15 is 0 Å². The fraction of sp³-hybridized carbons (Fsp3) is 0.185. The average molecular weight is 640 g/mol. The lowest BCUT2D eigenvalue weighted by Crippen LogP contribution is -2.27. The molecule has 0 aliphatic heterocycles. The number of anilines is 3. The van der Waals surface area contributed by atoms with E-state index in [2.05, 4.69) is 30.5 Å². The van der Waals surface area contributed by atoms with E-state index in [1.54, 1.807) is 30.3 Å². The summed E-state index contributed by atoms with van der Waals surface area (Å²) >= 11 is 11.9. The lowest BCUT2D eigenvalue weighted by atomic mass is 10.1. The number of hydrogen-bond acceptors (Lipinski definition) is 5. The molecule has 1 aromatic heterocycles. The second-order valence-electron chi connectivity index (χ2n) is 8.55. The number of alkyl halides is 2. The first-order valence-electron chi connectivity index (χ1n) is 12.1. The Morgan fingerprint density at radius 2 is 1.61 bits per heavy atom. The number of amides is 2. The predicted octanol–water partition coefficient (Wildman–Crippen LogP) is 4.82. The molecule has 4 aromatic rings. The summed E-state index contributed by atoms with van der Waals surface area (Å²) in [6, 6.07) is 20.0. The second kappa shape index (κ2) is 15.9. The standard InChI is InChI=1S/C27H28Cl2N8O2.2ClH/c28-10-12-37(13-11-29)21-3-1-2-20(15-21)34-26(39)18-6-9-22-23(14-18)36-25(35-22)17-4-7-19(8-5-17)33-24(38)16-32-27(30)31;;/h1-9,14-15H,10-13,16H2,(H,33,38)(H,34,39)(H,35,36)(H4,30,31,32);2*1H. The molecule has 0 bridgehead atoms. The van der Waals surface area contributed by atoms with E-state index in [1.807, 2.05) is 36.4 Å². The summed E-state index contributed by atoms with van der Waals surface area (Å²) in [5.41, 5.74) is 15.4. The molecule has 0 fully saturated rings. The summed E-state index contributed by atoms with van der Waals surface area (Å²) in [7, 11) is 0. The third-order valence-electron chi connectivity index (χ3n) is 5.77. The molecule has 0 atom stereocenters. The van der Waals surface area contributed by atoms with Gasteiger partial charge in [0.25, 0.3) is 5.91 Å². The van der Waals surface area contributed by atoms with Crippen LogP contribution < -0.4 is 27.0 Å².